The molecule has 3 aliphatic rings. The quantitative estimate of drug-likeness (QED) is 0.640. The van der Waals surface area contributed by atoms with Gasteiger partial charge in [-0.3, -0.25) is 9.69 Å². The summed E-state index contributed by atoms with van der Waals surface area (Å²) in [5, 5.41) is 0.930. The van der Waals surface area contributed by atoms with Gasteiger partial charge in [0.1, 0.15) is 5.75 Å². The lowest BCUT2D eigenvalue weighted by molar-refractivity contribution is -0.133. The predicted octanol–water partition coefficient (Wildman–Crippen LogP) is 3.46. The van der Waals surface area contributed by atoms with E-state index in [1.165, 1.54) is 19.3 Å². The molecule has 33 heavy (non-hydrogen) atoms. The van der Waals surface area contributed by atoms with Crippen LogP contribution in [0.5, 0.6) is 5.75 Å². The number of benzene rings is 1. The Bertz CT molecular complexity index is 1010. The Labute approximate surface area is 204 Å². The van der Waals surface area contributed by atoms with Crippen LogP contribution < -0.4 is 9.64 Å². The summed E-state index contributed by atoms with van der Waals surface area (Å²) < 4.78 is 5.64. The van der Waals surface area contributed by atoms with Crippen LogP contribution in [-0.2, 0) is 17.6 Å². The molecular weight excluding hydrogens is 461 g/mol. The third-order valence-corrected chi connectivity index (χ3v) is 7.53. The lowest BCUT2D eigenvalue weighted by Crippen LogP contribution is -2.52. The maximum atomic E-state index is 12.8. The van der Waals surface area contributed by atoms with Gasteiger partial charge in [-0.25, -0.2) is 9.97 Å². The number of anilines is 1. The summed E-state index contributed by atoms with van der Waals surface area (Å²) in [6.07, 6.45) is 7.50. The number of halogens is 2. The predicted molar refractivity (Wildman–Crippen MR) is 129 cm³/mol. The van der Waals surface area contributed by atoms with Gasteiger partial charge in [0.15, 0.2) is 6.61 Å². The number of hydrogen-bond donors (Lipinski definition) is 0. The second-order valence-corrected chi connectivity index (χ2v) is 9.84. The summed E-state index contributed by atoms with van der Waals surface area (Å²) in [5.74, 6) is 1.22. The monoisotopic (exact) mass is 489 g/mol. The average molecular weight is 490 g/mol. The number of amides is 1. The maximum absolute atomic E-state index is 12.8. The summed E-state index contributed by atoms with van der Waals surface area (Å²) in [5.41, 5.74) is 2.18. The second kappa shape index (κ2) is 10.0. The molecule has 1 aromatic heterocycles. The summed E-state index contributed by atoms with van der Waals surface area (Å²) >= 11 is 12.1. The van der Waals surface area contributed by atoms with Crippen LogP contribution in [0.4, 0.5) is 5.95 Å². The van der Waals surface area contributed by atoms with Crippen LogP contribution in [0.1, 0.15) is 30.5 Å². The third-order valence-electron chi connectivity index (χ3n) is 7.00. The molecule has 1 aliphatic carbocycles. The molecule has 2 aliphatic heterocycles. The fraction of sp³-hybridized carbons (Fsp3) is 0.542. The Hall–Kier alpha value is -2.09. The fourth-order valence-corrected chi connectivity index (χ4v) is 5.19. The van der Waals surface area contributed by atoms with E-state index >= 15 is 0 Å². The molecule has 1 saturated heterocycles. The number of carbonyl (C=O) groups is 1. The van der Waals surface area contributed by atoms with E-state index in [2.05, 4.69) is 14.8 Å². The summed E-state index contributed by atoms with van der Waals surface area (Å²) in [4.78, 5) is 29.1. The number of rotatable bonds is 5. The highest BCUT2D eigenvalue weighted by atomic mass is 35.5. The number of nitrogens with zero attached hydrogens (tertiary/aromatic N) is 5. The normalized spacial score (nSPS) is 19.6. The van der Waals surface area contributed by atoms with Crippen LogP contribution in [0.25, 0.3) is 0 Å². The minimum absolute atomic E-state index is 0.0557. The van der Waals surface area contributed by atoms with Crippen LogP contribution in [0.15, 0.2) is 24.4 Å². The van der Waals surface area contributed by atoms with Crippen molar-refractivity contribution in [3.8, 4) is 5.75 Å². The van der Waals surface area contributed by atoms with E-state index in [9.17, 15) is 4.79 Å². The van der Waals surface area contributed by atoms with E-state index in [0.29, 0.717) is 28.9 Å². The number of carbonyl (C=O) groups excluding carboxylic acids is 1. The van der Waals surface area contributed by atoms with Crippen molar-refractivity contribution in [3.63, 3.8) is 0 Å². The van der Waals surface area contributed by atoms with Crippen molar-refractivity contribution in [1.82, 2.24) is 19.8 Å². The van der Waals surface area contributed by atoms with Crippen molar-refractivity contribution >= 4 is 35.1 Å². The maximum Gasteiger partial charge on any atom is 0.260 e. The molecule has 0 spiro atoms. The molecule has 7 nitrogen and oxygen atoms in total. The number of aromatic nitrogens is 2. The molecule has 1 aromatic carbocycles. The topological polar surface area (TPSA) is 61.8 Å². The first kappa shape index (κ1) is 22.7. The molecule has 0 unspecified atom stereocenters. The molecule has 0 radical (unpaired) electrons. The van der Waals surface area contributed by atoms with Crippen molar-refractivity contribution in [1.29, 1.82) is 0 Å². The molecule has 5 rings (SSSR count). The van der Waals surface area contributed by atoms with Crippen LogP contribution >= 0.6 is 23.2 Å². The highest BCUT2D eigenvalue weighted by Crippen LogP contribution is 2.28. The lowest BCUT2D eigenvalue weighted by atomic mass is 9.91. The number of piperazine rings is 1. The SMILES string of the molecule is O=C(COc1ccc(Cl)cc1Cl)N1CCc2cnc(N3CCN(C4CCC4)CC3)nc2CC1. The zero-order valence-electron chi connectivity index (χ0n) is 18.7. The van der Waals surface area contributed by atoms with E-state index < -0.39 is 0 Å². The van der Waals surface area contributed by atoms with Gasteiger partial charge in [0, 0.05) is 63.0 Å². The van der Waals surface area contributed by atoms with E-state index in [-0.39, 0.29) is 12.5 Å². The van der Waals surface area contributed by atoms with Crippen molar-refractivity contribution in [2.45, 2.75) is 38.1 Å². The van der Waals surface area contributed by atoms with Crippen LogP contribution in [0.2, 0.25) is 10.0 Å². The van der Waals surface area contributed by atoms with Crippen LogP contribution in [0.3, 0.4) is 0 Å². The van der Waals surface area contributed by atoms with Crippen molar-refractivity contribution < 1.29 is 9.53 Å². The summed E-state index contributed by atoms with van der Waals surface area (Å²) in [7, 11) is 0. The van der Waals surface area contributed by atoms with Crippen molar-refractivity contribution in [2.75, 3.05) is 50.8 Å². The first-order chi connectivity index (χ1) is 16.1. The highest BCUT2D eigenvalue weighted by molar-refractivity contribution is 6.35. The van der Waals surface area contributed by atoms with Gasteiger partial charge in [-0.15, -0.1) is 0 Å². The van der Waals surface area contributed by atoms with E-state index in [1.54, 1.807) is 18.2 Å². The standard InChI is InChI=1S/C24H29Cl2N5O2/c25-18-4-5-22(20(26)14-18)33-16-23(32)30-8-6-17-15-27-24(28-21(17)7-9-30)31-12-10-29(11-13-31)19-2-1-3-19/h4-5,14-15,19H,1-3,6-13,16H2. The molecule has 0 bridgehead atoms. The van der Waals surface area contributed by atoms with Crippen molar-refractivity contribution in [3.05, 3.63) is 45.7 Å². The van der Waals surface area contributed by atoms with Gasteiger partial charge >= 0.3 is 0 Å². The summed E-state index contributed by atoms with van der Waals surface area (Å²) in [6, 6.07) is 5.77. The molecule has 0 atom stereocenters. The number of ether oxygens (including phenoxy) is 1. The van der Waals surface area contributed by atoms with Crippen LogP contribution in [0, 0.1) is 0 Å². The second-order valence-electron chi connectivity index (χ2n) is 8.99. The summed E-state index contributed by atoms with van der Waals surface area (Å²) in [6.45, 7) is 5.33. The largest absolute Gasteiger partial charge is 0.482 e. The molecule has 3 heterocycles. The Kier molecular flexibility index (Phi) is 6.90. The Morgan fingerprint density at radius 2 is 1.85 bits per heavy atom. The van der Waals surface area contributed by atoms with Gasteiger partial charge < -0.3 is 14.5 Å². The fourth-order valence-electron chi connectivity index (χ4n) is 4.73. The Balaban J connectivity index is 1.16. The van der Waals surface area contributed by atoms with E-state index in [4.69, 9.17) is 32.9 Å². The number of hydrogen-bond acceptors (Lipinski definition) is 6. The molecule has 0 N–H and O–H groups in total. The molecule has 2 fully saturated rings. The molecule has 176 valence electrons. The van der Waals surface area contributed by atoms with Gasteiger partial charge in [0.25, 0.3) is 5.91 Å². The van der Waals surface area contributed by atoms with Gasteiger partial charge in [0.05, 0.1) is 10.7 Å². The van der Waals surface area contributed by atoms with Gasteiger partial charge in [0.2, 0.25) is 5.95 Å². The first-order valence-corrected chi connectivity index (χ1v) is 12.5. The van der Waals surface area contributed by atoms with Crippen LogP contribution in [-0.4, -0.2) is 77.6 Å². The average Bonchev–Trinajstić information content (AvgIpc) is 3.00. The number of fused-ring (bicyclic) bond motifs is 1. The minimum atomic E-state index is -0.0610. The molecule has 9 heteroatoms. The Morgan fingerprint density at radius 1 is 1.06 bits per heavy atom. The van der Waals surface area contributed by atoms with E-state index in [1.807, 2.05) is 11.1 Å². The minimum Gasteiger partial charge on any atom is -0.482 e. The smallest absolute Gasteiger partial charge is 0.260 e. The molecule has 1 amide bonds. The van der Waals surface area contributed by atoms with Gasteiger partial charge in [-0.1, -0.05) is 29.6 Å². The van der Waals surface area contributed by atoms with E-state index in [0.717, 1.165) is 62.3 Å². The Morgan fingerprint density at radius 3 is 2.58 bits per heavy atom. The lowest BCUT2D eigenvalue weighted by Gasteiger charge is -2.43. The third kappa shape index (κ3) is 5.20. The zero-order valence-corrected chi connectivity index (χ0v) is 20.2. The van der Waals surface area contributed by atoms with Gasteiger partial charge in [-0.05, 0) is 43.0 Å². The highest BCUT2D eigenvalue weighted by Gasteiger charge is 2.29. The zero-order chi connectivity index (χ0) is 22.8. The first-order valence-electron chi connectivity index (χ1n) is 11.8. The van der Waals surface area contributed by atoms with Gasteiger partial charge in [-0.2, -0.15) is 0 Å². The van der Waals surface area contributed by atoms with Crippen molar-refractivity contribution in [2.24, 2.45) is 0 Å². The molecular formula is C24H29Cl2N5O2. The molecule has 1 saturated carbocycles. The molecule has 2 aromatic rings.